The van der Waals surface area contributed by atoms with Crippen molar-refractivity contribution in [1.29, 1.82) is 0 Å². The zero-order valence-electron chi connectivity index (χ0n) is 11.9. The Balaban J connectivity index is 2.97. The first-order valence-electron chi connectivity index (χ1n) is 6.77. The van der Waals surface area contributed by atoms with Crippen molar-refractivity contribution in [1.82, 2.24) is 4.57 Å². The largest absolute Gasteiger partial charge is 0.456 e. The summed E-state index contributed by atoms with van der Waals surface area (Å²) in [4.78, 5) is 11.4. The van der Waals surface area contributed by atoms with Crippen molar-refractivity contribution in [2.75, 3.05) is 0 Å². The number of alkyl halides is 3. The molecule has 0 saturated carbocycles. The van der Waals surface area contributed by atoms with Gasteiger partial charge in [-0.3, -0.25) is 4.79 Å². The molecular formula is C15H20F3NO. The SMILES string of the molecule is C=Cn1c(C(=O)C(F)(F)F)cc(CCCCCC)c1C. The van der Waals surface area contributed by atoms with E-state index in [2.05, 4.69) is 13.5 Å². The van der Waals surface area contributed by atoms with Gasteiger partial charge in [0.2, 0.25) is 0 Å². The fourth-order valence-electron chi connectivity index (χ4n) is 2.23. The Kier molecular flexibility index (Phi) is 5.60. The number of hydrogen-bond acceptors (Lipinski definition) is 1. The maximum absolute atomic E-state index is 12.5. The summed E-state index contributed by atoms with van der Waals surface area (Å²) >= 11 is 0. The molecule has 1 rings (SSSR count). The van der Waals surface area contributed by atoms with Crippen LogP contribution in [0.1, 0.15) is 54.4 Å². The van der Waals surface area contributed by atoms with Crippen LogP contribution in [0.15, 0.2) is 12.6 Å². The van der Waals surface area contributed by atoms with E-state index in [-0.39, 0.29) is 5.69 Å². The van der Waals surface area contributed by atoms with Gasteiger partial charge in [-0.25, -0.2) is 0 Å². The van der Waals surface area contributed by atoms with Crippen molar-refractivity contribution in [2.45, 2.75) is 52.1 Å². The molecule has 0 radical (unpaired) electrons. The van der Waals surface area contributed by atoms with Gasteiger partial charge in [0.05, 0.1) is 5.69 Å². The second-order valence-corrected chi connectivity index (χ2v) is 4.83. The summed E-state index contributed by atoms with van der Waals surface area (Å²) in [5, 5.41) is 0. The van der Waals surface area contributed by atoms with Gasteiger partial charge in [0, 0.05) is 11.9 Å². The molecule has 0 fully saturated rings. The number of Topliss-reactive ketones (excluding diaryl/α,β-unsaturated/α-hetero) is 1. The summed E-state index contributed by atoms with van der Waals surface area (Å²) in [7, 11) is 0. The number of ketones is 1. The van der Waals surface area contributed by atoms with Crippen molar-refractivity contribution in [2.24, 2.45) is 0 Å². The monoisotopic (exact) mass is 287 g/mol. The minimum absolute atomic E-state index is 0.351. The lowest BCUT2D eigenvalue weighted by molar-refractivity contribution is -0.0889. The zero-order valence-corrected chi connectivity index (χ0v) is 11.9. The third-order valence-electron chi connectivity index (χ3n) is 3.37. The Bertz CT molecular complexity index is 486. The zero-order chi connectivity index (χ0) is 15.3. The number of carbonyl (C=O) groups is 1. The molecule has 0 spiro atoms. The molecule has 112 valence electrons. The number of nitrogens with zero attached hydrogens (tertiary/aromatic N) is 1. The second kappa shape index (κ2) is 6.77. The smallest absolute Gasteiger partial charge is 0.318 e. The van der Waals surface area contributed by atoms with Crippen molar-refractivity contribution < 1.29 is 18.0 Å². The maximum atomic E-state index is 12.5. The van der Waals surface area contributed by atoms with Crippen LogP contribution in [0.2, 0.25) is 0 Å². The van der Waals surface area contributed by atoms with Gasteiger partial charge < -0.3 is 4.57 Å². The molecule has 0 bridgehead atoms. The Morgan fingerprint density at radius 3 is 2.50 bits per heavy atom. The van der Waals surface area contributed by atoms with Crippen molar-refractivity contribution in [3.63, 3.8) is 0 Å². The Morgan fingerprint density at radius 1 is 1.35 bits per heavy atom. The maximum Gasteiger partial charge on any atom is 0.456 e. The highest BCUT2D eigenvalue weighted by Crippen LogP contribution is 2.26. The molecule has 0 atom stereocenters. The Labute approximate surface area is 117 Å². The van der Waals surface area contributed by atoms with Crippen LogP contribution in [-0.2, 0) is 6.42 Å². The van der Waals surface area contributed by atoms with E-state index in [1.54, 1.807) is 6.92 Å². The van der Waals surface area contributed by atoms with Gasteiger partial charge in [-0.1, -0.05) is 32.8 Å². The number of aryl methyl sites for hydroxylation is 1. The fourth-order valence-corrected chi connectivity index (χ4v) is 2.23. The minimum Gasteiger partial charge on any atom is -0.318 e. The fraction of sp³-hybridized carbons (Fsp3) is 0.533. The van der Waals surface area contributed by atoms with Crippen LogP contribution in [0.5, 0.6) is 0 Å². The molecule has 0 N–H and O–H groups in total. The summed E-state index contributed by atoms with van der Waals surface area (Å²) in [6.45, 7) is 7.29. The Morgan fingerprint density at radius 2 is 2.00 bits per heavy atom. The normalized spacial score (nSPS) is 11.7. The van der Waals surface area contributed by atoms with Crippen LogP contribution in [0.3, 0.4) is 0 Å². The molecule has 20 heavy (non-hydrogen) atoms. The third-order valence-corrected chi connectivity index (χ3v) is 3.37. The third kappa shape index (κ3) is 3.74. The van der Waals surface area contributed by atoms with Gasteiger partial charge >= 0.3 is 6.18 Å². The highest BCUT2D eigenvalue weighted by molar-refractivity contribution is 6.00. The van der Waals surface area contributed by atoms with Crippen LogP contribution in [-0.4, -0.2) is 16.5 Å². The van der Waals surface area contributed by atoms with Gasteiger partial charge in [0.1, 0.15) is 0 Å². The average Bonchev–Trinajstić information content (AvgIpc) is 2.69. The molecule has 0 aromatic carbocycles. The van der Waals surface area contributed by atoms with E-state index in [1.165, 1.54) is 16.8 Å². The van der Waals surface area contributed by atoms with Crippen LogP contribution in [0, 0.1) is 6.92 Å². The van der Waals surface area contributed by atoms with Crippen LogP contribution < -0.4 is 0 Å². The molecule has 1 heterocycles. The lowest BCUT2D eigenvalue weighted by atomic mass is 10.1. The minimum atomic E-state index is -4.86. The van der Waals surface area contributed by atoms with Crippen molar-refractivity contribution >= 4 is 12.0 Å². The average molecular weight is 287 g/mol. The van der Waals surface area contributed by atoms with E-state index in [0.29, 0.717) is 12.1 Å². The summed E-state index contributed by atoms with van der Waals surface area (Å²) in [6.07, 6.45) is 1.24. The van der Waals surface area contributed by atoms with Gasteiger partial charge in [0.25, 0.3) is 5.78 Å². The number of unbranched alkanes of at least 4 members (excludes halogenated alkanes) is 3. The number of rotatable bonds is 7. The first-order valence-corrected chi connectivity index (χ1v) is 6.77. The molecule has 0 amide bonds. The number of hydrogen-bond donors (Lipinski definition) is 0. The van der Waals surface area contributed by atoms with Crippen LogP contribution in [0.4, 0.5) is 13.2 Å². The molecule has 0 aliphatic carbocycles. The van der Waals surface area contributed by atoms with Crippen LogP contribution in [0.25, 0.3) is 6.20 Å². The predicted octanol–water partition coefficient (Wildman–Crippen LogP) is 4.76. The molecule has 1 aromatic heterocycles. The molecule has 0 saturated heterocycles. The van der Waals surface area contributed by atoms with E-state index >= 15 is 0 Å². The first-order chi connectivity index (χ1) is 9.32. The molecule has 1 aromatic rings. The topological polar surface area (TPSA) is 22.0 Å². The molecule has 5 heteroatoms. The molecular weight excluding hydrogens is 267 g/mol. The molecule has 0 aliphatic rings. The summed E-state index contributed by atoms with van der Waals surface area (Å²) in [6, 6.07) is 1.35. The lowest BCUT2D eigenvalue weighted by Gasteiger charge is -2.07. The lowest BCUT2D eigenvalue weighted by Crippen LogP contribution is -2.24. The molecule has 0 aliphatic heterocycles. The van der Waals surface area contributed by atoms with Crippen molar-refractivity contribution in [3.05, 3.63) is 29.6 Å². The number of halogens is 3. The quantitative estimate of drug-likeness (QED) is 0.523. The van der Waals surface area contributed by atoms with Gasteiger partial charge in [0.15, 0.2) is 0 Å². The summed E-state index contributed by atoms with van der Waals surface area (Å²) in [5.41, 5.74) is 1.09. The van der Waals surface area contributed by atoms with Gasteiger partial charge in [-0.05, 0) is 31.4 Å². The van der Waals surface area contributed by atoms with E-state index in [9.17, 15) is 18.0 Å². The highest BCUT2D eigenvalue weighted by atomic mass is 19.4. The summed E-state index contributed by atoms with van der Waals surface area (Å²) < 4.78 is 38.9. The van der Waals surface area contributed by atoms with E-state index < -0.39 is 12.0 Å². The van der Waals surface area contributed by atoms with Gasteiger partial charge in [-0.2, -0.15) is 13.2 Å². The highest BCUT2D eigenvalue weighted by Gasteiger charge is 2.41. The predicted molar refractivity (Wildman–Crippen MR) is 73.8 cm³/mol. The molecule has 0 unspecified atom stereocenters. The van der Waals surface area contributed by atoms with E-state index in [1.807, 2.05) is 0 Å². The first kappa shape index (κ1) is 16.5. The number of carbonyl (C=O) groups excluding carboxylic acids is 1. The summed E-state index contributed by atoms with van der Waals surface area (Å²) in [5.74, 6) is -1.82. The standard InChI is InChI=1S/C15H20F3NO/c1-4-6-7-8-9-12-10-13(14(20)15(16,17)18)19(5-2)11(12)3/h5,10H,2,4,6-9H2,1,3H3. The second-order valence-electron chi connectivity index (χ2n) is 4.83. The Hall–Kier alpha value is -1.52. The van der Waals surface area contributed by atoms with Crippen LogP contribution >= 0.6 is 0 Å². The molecule has 2 nitrogen and oxygen atoms in total. The number of aromatic nitrogens is 1. The van der Waals surface area contributed by atoms with E-state index in [4.69, 9.17) is 0 Å². The van der Waals surface area contributed by atoms with Crippen molar-refractivity contribution in [3.8, 4) is 0 Å². The van der Waals surface area contributed by atoms with E-state index in [0.717, 1.165) is 31.2 Å². The van der Waals surface area contributed by atoms with Gasteiger partial charge in [-0.15, -0.1) is 0 Å².